The third-order valence-electron chi connectivity index (χ3n) is 2.32. The van der Waals surface area contributed by atoms with Gasteiger partial charge in [-0.2, -0.15) is 0 Å². The summed E-state index contributed by atoms with van der Waals surface area (Å²) in [5, 5.41) is 2.89. The lowest BCUT2D eigenvalue weighted by Crippen LogP contribution is -2.32. The number of methoxy groups -OCH3 is 1. The van der Waals surface area contributed by atoms with Crippen LogP contribution in [0.4, 0.5) is 0 Å². The second-order valence-electron chi connectivity index (χ2n) is 3.74. The molecule has 0 aromatic heterocycles. The maximum atomic E-state index is 12.0. The number of rotatable bonds is 5. The van der Waals surface area contributed by atoms with Crippen LogP contribution < -0.4 is 10.1 Å². The Kier molecular flexibility index (Phi) is 5.22. The minimum atomic E-state index is -0.120. The van der Waals surface area contributed by atoms with E-state index in [-0.39, 0.29) is 11.9 Å². The monoisotopic (exact) mass is 297 g/mol. The van der Waals surface area contributed by atoms with Gasteiger partial charge in [-0.3, -0.25) is 4.79 Å². The molecule has 0 heterocycles. The first kappa shape index (κ1) is 13.8. The SMILES string of the molecule is C=CCC(C)NC(=O)c1cc(OC)ccc1Br. The van der Waals surface area contributed by atoms with Crippen LogP contribution in [0.2, 0.25) is 0 Å². The van der Waals surface area contributed by atoms with Crippen LogP contribution in [0.1, 0.15) is 23.7 Å². The van der Waals surface area contributed by atoms with E-state index in [9.17, 15) is 4.79 Å². The van der Waals surface area contributed by atoms with Gasteiger partial charge in [0.05, 0.1) is 12.7 Å². The highest BCUT2D eigenvalue weighted by Crippen LogP contribution is 2.22. The molecule has 1 aromatic rings. The zero-order valence-corrected chi connectivity index (χ0v) is 11.6. The lowest BCUT2D eigenvalue weighted by atomic mass is 10.1. The Morgan fingerprint density at radius 2 is 2.35 bits per heavy atom. The van der Waals surface area contributed by atoms with Gasteiger partial charge in [0.2, 0.25) is 0 Å². The summed E-state index contributed by atoms with van der Waals surface area (Å²) in [6, 6.07) is 5.37. The van der Waals surface area contributed by atoms with E-state index in [1.165, 1.54) is 0 Å². The van der Waals surface area contributed by atoms with Gasteiger partial charge >= 0.3 is 0 Å². The summed E-state index contributed by atoms with van der Waals surface area (Å²) in [6.07, 6.45) is 2.53. The summed E-state index contributed by atoms with van der Waals surface area (Å²) < 4.78 is 5.85. The zero-order chi connectivity index (χ0) is 12.8. The Morgan fingerprint density at radius 1 is 1.65 bits per heavy atom. The number of amides is 1. The van der Waals surface area contributed by atoms with E-state index in [2.05, 4.69) is 27.8 Å². The van der Waals surface area contributed by atoms with Crippen molar-refractivity contribution in [1.82, 2.24) is 5.32 Å². The number of nitrogens with one attached hydrogen (secondary N) is 1. The highest BCUT2D eigenvalue weighted by molar-refractivity contribution is 9.10. The van der Waals surface area contributed by atoms with Crippen LogP contribution in [0.25, 0.3) is 0 Å². The molecule has 1 aromatic carbocycles. The first-order chi connectivity index (χ1) is 8.08. The predicted octanol–water partition coefficient (Wildman–Crippen LogP) is 3.15. The molecule has 1 atom stereocenters. The van der Waals surface area contributed by atoms with Crippen LogP contribution in [-0.2, 0) is 0 Å². The van der Waals surface area contributed by atoms with Gasteiger partial charge in [-0.15, -0.1) is 6.58 Å². The summed E-state index contributed by atoms with van der Waals surface area (Å²) in [6.45, 7) is 5.58. The van der Waals surface area contributed by atoms with Gasteiger partial charge in [0.1, 0.15) is 5.75 Å². The molecule has 0 aliphatic rings. The highest BCUT2D eigenvalue weighted by Gasteiger charge is 2.13. The number of ether oxygens (including phenoxy) is 1. The van der Waals surface area contributed by atoms with Gasteiger partial charge in [0.25, 0.3) is 5.91 Å². The molecule has 1 amide bonds. The van der Waals surface area contributed by atoms with Crippen LogP contribution in [0.3, 0.4) is 0 Å². The van der Waals surface area contributed by atoms with E-state index < -0.39 is 0 Å². The fourth-order valence-corrected chi connectivity index (χ4v) is 1.84. The van der Waals surface area contributed by atoms with Crippen molar-refractivity contribution < 1.29 is 9.53 Å². The van der Waals surface area contributed by atoms with Gasteiger partial charge in [-0.05, 0) is 47.5 Å². The van der Waals surface area contributed by atoms with Crippen LogP contribution in [-0.4, -0.2) is 19.1 Å². The van der Waals surface area contributed by atoms with E-state index in [0.29, 0.717) is 11.3 Å². The molecule has 1 N–H and O–H groups in total. The number of halogens is 1. The minimum absolute atomic E-state index is 0.0677. The normalized spacial score (nSPS) is 11.7. The van der Waals surface area contributed by atoms with Gasteiger partial charge in [-0.1, -0.05) is 6.08 Å². The molecule has 92 valence electrons. The van der Waals surface area contributed by atoms with Crippen molar-refractivity contribution in [3.8, 4) is 5.75 Å². The average Bonchev–Trinajstić information content (AvgIpc) is 2.29. The van der Waals surface area contributed by atoms with Gasteiger partial charge in [0.15, 0.2) is 0 Å². The topological polar surface area (TPSA) is 38.3 Å². The van der Waals surface area contributed by atoms with Crippen molar-refractivity contribution in [3.63, 3.8) is 0 Å². The molecule has 0 spiro atoms. The molecule has 0 bridgehead atoms. The molecule has 0 saturated heterocycles. The number of carbonyl (C=O) groups is 1. The lowest BCUT2D eigenvalue weighted by Gasteiger charge is -2.13. The van der Waals surface area contributed by atoms with Gasteiger partial charge < -0.3 is 10.1 Å². The van der Waals surface area contributed by atoms with Gasteiger partial charge in [0, 0.05) is 10.5 Å². The Morgan fingerprint density at radius 3 is 2.94 bits per heavy atom. The summed E-state index contributed by atoms with van der Waals surface area (Å²) in [4.78, 5) is 12.0. The number of hydrogen-bond donors (Lipinski definition) is 1. The number of carbonyl (C=O) groups excluding carboxylic acids is 1. The smallest absolute Gasteiger partial charge is 0.252 e. The molecular weight excluding hydrogens is 282 g/mol. The Hall–Kier alpha value is -1.29. The van der Waals surface area contributed by atoms with E-state index in [1.807, 2.05) is 6.92 Å². The molecular formula is C13H16BrNO2. The molecule has 1 rings (SSSR count). The van der Waals surface area contributed by atoms with Crippen molar-refractivity contribution in [2.75, 3.05) is 7.11 Å². The van der Waals surface area contributed by atoms with Crippen LogP contribution in [0.15, 0.2) is 35.3 Å². The van der Waals surface area contributed by atoms with Crippen LogP contribution in [0.5, 0.6) is 5.75 Å². The molecule has 17 heavy (non-hydrogen) atoms. The van der Waals surface area contributed by atoms with Crippen molar-refractivity contribution >= 4 is 21.8 Å². The predicted molar refractivity (Wildman–Crippen MR) is 72.4 cm³/mol. The molecule has 0 aliphatic carbocycles. The zero-order valence-electron chi connectivity index (χ0n) is 10.00. The molecule has 4 heteroatoms. The third-order valence-corrected chi connectivity index (χ3v) is 3.01. The molecule has 3 nitrogen and oxygen atoms in total. The van der Waals surface area contributed by atoms with Crippen molar-refractivity contribution in [3.05, 3.63) is 40.9 Å². The molecule has 0 fully saturated rings. The average molecular weight is 298 g/mol. The van der Waals surface area contributed by atoms with Crippen molar-refractivity contribution in [2.45, 2.75) is 19.4 Å². The third kappa shape index (κ3) is 3.89. The Bertz CT molecular complexity index is 418. The van der Waals surface area contributed by atoms with Crippen LogP contribution >= 0.6 is 15.9 Å². The second-order valence-corrected chi connectivity index (χ2v) is 4.60. The number of hydrogen-bond acceptors (Lipinski definition) is 2. The summed E-state index contributed by atoms with van der Waals surface area (Å²) in [5.74, 6) is 0.542. The summed E-state index contributed by atoms with van der Waals surface area (Å²) >= 11 is 3.35. The number of benzene rings is 1. The first-order valence-electron chi connectivity index (χ1n) is 5.33. The summed E-state index contributed by atoms with van der Waals surface area (Å²) in [7, 11) is 1.57. The van der Waals surface area contributed by atoms with E-state index >= 15 is 0 Å². The van der Waals surface area contributed by atoms with E-state index in [0.717, 1.165) is 10.9 Å². The van der Waals surface area contributed by atoms with Crippen LogP contribution in [0, 0.1) is 0 Å². The second kappa shape index (κ2) is 6.45. The maximum Gasteiger partial charge on any atom is 0.252 e. The van der Waals surface area contributed by atoms with Gasteiger partial charge in [-0.25, -0.2) is 0 Å². The fraction of sp³-hybridized carbons (Fsp3) is 0.308. The minimum Gasteiger partial charge on any atom is -0.497 e. The maximum absolute atomic E-state index is 12.0. The summed E-state index contributed by atoms with van der Waals surface area (Å²) in [5.41, 5.74) is 0.570. The van der Waals surface area contributed by atoms with E-state index in [1.54, 1.807) is 31.4 Å². The Labute approximate surface area is 110 Å². The highest BCUT2D eigenvalue weighted by atomic mass is 79.9. The standard InChI is InChI=1S/C13H16BrNO2/c1-4-5-9(2)15-13(16)11-8-10(17-3)6-7-12(11)14/h4,6-9H,1,5H2,2-3H3,(H,15,16). The Balaban J connectivity index is 2.84. The molecule has 0 saturated carbocycles. The fourth-order valence-electron chi connectivity index (χ4n) is 1.42. The molecule has 0 radical (unpaired) electrons. The largest absolute Gasteiger partial charge is 0.497 e. The lowest BCUT2D eigenvalue weighted by molar-refractivity contribution is 0.0939. The van der Waals surface area contributed by atoms with Crippen molar-refractivity contribution in [2.24, 2.45) is 0 Å². The first-order valence-corrected chi connectivity index (χ1v) is 6.13. The molecule has 0 aliphatic heterocycles. The quantitative estimate of drug-likeness (QED) is 0.848. The molecule has 1 unspecified atom stereocenters. The van der Waals surface area contributed by atoms with E-state index in [4.69, 9.17) is 4.74 Å². The van der Waals surface area contributed by atoms with Crippen molar-refractivity contribution in [1.29, 1.82) is 0 Å².